The third-order valence-electron chi connectivity index (χ3n) is 3.42. The molecule has 0 bridgehead atoms. The average molecular weight is 283 g/mol. The van der Waals surface area contributed by atoms with Gasteiger partial charge in [0.1, 0.15) is 5.69 Å². The van der Waals surface area contributed by atoms with Crippen molar-refractivity contribution in [1.82, 2.24) is 14.7 Å². The topological polar surface area (TPSA) is 46.4 Å². The predicted octanol–water partition coefficient (Wildman–Crippen LogP) is 2.96. The van der Waals surface area contributed by atoms with Gasteiger partial charge in [0, 0.05) is 23.2 Å². The third-order valence-corrected chi connectivity index (χ3v) is 4.26. The van der Waals surface area contributed by atoms with E-state index in [1.165, 1.54) is 11.3 Å². The first-order chi connectivity index (χ1) is 9.81. The summed E-state index contributed by atoms with van der Waals surface area (Å²) in [6.45, 7) is 0. The number of carbonyl (C=O) groups excluding carboxylic acids is 1. The summed E-state index contributed by atoms with van der Waals surface area (Å²) in [6, 6.07) is 10.4. The lowest BCUT2D eigenvalue weighted by molar-refractivity contribution is 0.0945. The molecule has 2 heterocycles. The second-order valence-electron chi connectivity index (χ2n) is 5.01. The van der Waals surface area contributed by atoms with E-state index in [0.29, 0.717) is 11.7 Å². The fourth-order valence-electron chi connectivity index (χ4n) is 2.18. The van der Waals surface area contributed by atoms with Gasteiger partial charge in [0.25, 0.3) is 5.91 Å². The molecule has 1 N–H and O–H groups in total. The van der Waals surface area contributed by atoms with Crippen LogP contribution < -0.4 is 5.32 Å². The van der Waals surface area contributed by atoms with Crippen molar-refractivity contribution in [2.75, 3.05) is 0 Å². The second-order valence-corrected chi connectivity index (χ2v) is 5.85. The number of nitrogens with zero attached hydrogens (tertiary/aromatic N) is 2. The van der Waals surface area contributed by atoms with Crippen molar-refractivity contribution in [2.24, 2.45) is 0 Å². The van der Waals surface area contributed by atoms with Gasteiger partial charge in [0.05, 0.1) is 5.69 Å². The van der Waals surface area contributed by atoms with Crippen LogP contribution in [0.5, 0.6) is 0 Å². The molecule has 0 saturated heterocycles. The van der Waals surface area contributed by atoms with Gasteiger partial charge < -0.3 is 5.32 Å². The molecule has 0 radical (unpaired) electrons. The van der Waals surface area contributed by atoms with E-state index in [-0.39, 0.29) is 5.91 Å². The van der Waals surface area contributed by atoms with E-state index in [1.54, 1.807) is 0 Å². The Balaban J connectivity index is 1.73. The molecule has 20 heavy (non-hydrogen) atoms. The number of carbonyl (C=O) groups is 1. The first-order valence-electron chi connectivity index (χ1n) is 6.64. The Labute approximate surface area is 120 Å². The summed E-state index contributed by atoms with van der Waals surface area (Å²) in [7, 11) is 0. The number of hydrogen-bond donors (Lipinski definition) is 1. The maximum absolute atomic E-state index is 12.2. The predicted molar refractivity (Wildman–Crippen MR) is 79.0 cm³/mol. The lowest BCUT2D eigenvalue weighted by Crippen LogP contribution is -2.26. The number of amides is 1. The molecule has 1 saturated carbocycles. The number of rotatable bonds is 3. The Hall–Kier alpha value is -2.14. The van der Waals surface area contributed by atoms with Crippen LogP contribution in [0.3, 0.4) is 0 Å². The van der Waals surface area contributed by atoms with E-state index in [0.717, 1.165) is 29.1 Å². The minimum Gasteiger partial charge on any atom is -0.348 e. The summed E-state index contributed by atoms with van der Waals surface area (Å²) in [4.78, 5) is 17.6. The molecular formula is C15H13N3OS. The van der Waals surface area contributed by atoms with Crippen LogP contribution in [0, 0.1) is 0 Å². The first-order valence-corrected chi connectivity index (χ1v) is 7.52. The normalized spacial score (nSPS) is 14.6. The van der Waals surface area contributed by atoms with Gasteiger partial charge in [-0.3, -0.25) is 9.20 Å². The van der Waals surface area contributed by atoms with Crippen LogP contribution in [0.4, 0.5) is 0 Å². The quantitative estimate of drug-likeness (QED) is 0.803. The molecule has 1 aromatic carbocycles. The van der Waals surface area contributed by atoms with Crippen molar-refractivity contribution in [3.8, 4) is 11.3 Å². The number of nitrogens with one attached hydrogen (secondary N) is 1. The van der Waals surface area contributed by atoms with Gasteiger partial charge in [-0.1, -0.05) is 30.3 Å². The lowest BCUT2D eigenvalue weighted by Gasteiger charge is -2.00. The summed E-state index contributed by atoms with van der Waals surface area (Å²) < 4.78 is 1.88. The number of imidazole rings is 1. The molecule has 3 aromatic rings. The van der Waals surface area contributed by atoms with Crippen molar-refractivity contribution in [3.63, 3.8) is 0 Å². The maximum atomic E-state index is 12.2. The Morgan fingerprint density at radius 2 is 2.10 bits per heavy atom. The molecule has 0 aliphatic heterocycles. The molecular weight excluding hydrogens is 270 g/mol. The second kappa shape index (κ2) is 4.45. The molecule has 0 spiro atoms. The number of aromatic nitrogens is 2. The molecule has 1 aliphatic carbocycles. The van der Waals surface area contributed by atoms with Gasteiger partial charge in [-0.25, -0.2) is 4.98 Å². The van der Waals surface area contributed by atoms with Crippen LogP contribution in [0.1, 0.15) is 23.3 Å². The number of benzene rings is 1. The molecule has 1 fully saturated rings. The fourth-order valence-corrected chi connectivity index (χ4v) is 3.04. The largest absolute Gasteiger partial charge is 0.348 e. The van der Waals surface area contributed by atoms with Crippen molar-refractivity contribution >= 4 is 22.2 Å². The van der Waals surface area contributed by atoms with Crippen molar-refractivity contribution in [2.45, 2.75) is 18.9 Å². The summed E-state index contributed by atoms with van der Waals surface area (Å²) in [5.74, 6) is -0.00392. The van der Waals surface area contributed by atoms with E-state index in [4.69, 9.17) is 0 Å². The average Bonchev–Trinajstić information content (AvgIpc) is 3.03. The molecule has 1 amide bonds. The van der Waals surface area contributed by atoms with Crippen molar-refractivity contribution in [1.29, 1.82) is 0 Å². The van der Waals surface area contributed by atoms with E-state index < -0.39 is 0 Å². The molecule has 4 nitrogen and oxygen atoms in total. The Morgan fingerprint density at radius 1 is 1.30 bits per heavy atom. The van der Waals surface area contributed by atoms with Crippen molar-refractivity contribution in [3.05, 3.63) is 47.6 Å². The van der Waals surface area contributed by atoms with Gasteiger partial charge in [-0.15, -0.1) is 11.3 Å². The summed E-state index contributed by atoms with van der Waals surface area (Å²) in [6.07, 6.45) is 4.12. The molecule has 2 aromatic heterocycles. The Kier molecular flexibility index (Phi) is 2.60. The van der Waals surface area contributed by atoms with E-state index >= 15 is 0 Å². The fraction of sp³-hybridized carbons (Fsp3) is 0.200. The highest BCUT2D eigenvalue weighted by Crippen LogP contribution is 2.24. The summed E-state index contributed by atoms with van der Waals surface area (Å²) in [5, 5.41) is 4.89. The smallest absolute Gasteiger partial charge is 0.269 e. The van der Waals surface area contributed by atoms with E-state index in [1.807, 2.05) is 46.3 Å². The van der Waals surface area contributed by atoms with Gasteiger partial charge in [0.15, 0.2) is 4.96 Å². The minimum atomic E-state index is -0.00392. The molecule has 4 rings (SSSR count). The molecule has 0 unspecified atom stereocenters. The Morgan fingerprint density at radius 3 is 2.85 bits per heavy atom. The van der Waals surface area contributed by atoms with Crippen LogP contribution in [0.15, 0.2) is 41.9 Å². The zero-order valence-corrected chi connectivity index (χ0v) is 11.6. The van der Waals surface area contributed by atoms with Crippen LogP contribution in [0.2, 0.25) is 0 Å². The third kappa shape index (κ3) is 2.00. The highest BCUT2D eigenvalue weighted by atomic mass is 32.1. The highest BCUT2D eigenvalue weighted by molar-refractivity contribution is 7.15. The van der Waals surface area contributed by atoms with E-state index in [9.17, 15) is 4.79 Å². The summed E-state index contributed by atoms with van der Waals surface area (Å²) >= 11 is 1.50. The molecule has 0 atom stereocenters. The first kappa shape index (κ1) is 11.7. The number of hydrogen-bond acceptors (Lipinski definition) is 3. The van der Waals surface area contributed by atoms with Crippen LogP contribution in [0.25, 0.3) is 16.2 Å². The molecule has 100 valence electrons. The number of thiazole rings is 1. The maximum Gasteiger partial charge on any atom is 0.269 e. The minimum absolute atomic E-state index is 0.00392. The monoisotopic (exact) mass is 283 g/mol. The van der Waals surface area contributed by atoms with E-state index in [2.05, 4.69) is 10.3 Å². The summed E-state index contributed by atoms with van der Waals surface area (Å²) in [5.41, 5.74) is 2.64. The van der Waals surface area contributed by atoms with Gasteiger partial charge >= 0.3 is 0 Å². The zero-order chi connectivity index (χ0) is 13.5. The SMILES string of the molecule is O=C(NC1CC1)c1csc2nc(-c3ccccc3)cn12. The van der Waals surface area contributed by atoms with Gasteiger partial charge in [0.2, 0.25) is 0 Å². The Bertz CT molecular complexity index is 771. The van der Waals surface area contributed by atoms with Crippen LogP contribution in [-0.4, -0.2) is 21.3 Å². The van der Waals surface area contributed by atoms with Crippen LogP contribution >= 0.6 is 11.3 Å². The molecule has 5 heteroatoms. The van der Waals surface area contributed by atoms with Gasteiger partial charge in [-0.05, 0) is 12.8 Å². The van der Waals surface area contributed by atoms with Crippen LogP contribution in [-0.2, 0) is 0 Å². The standard InChI is InChI=1S/C15H13N3OS/c19-14(16-11-6-7-11)13-9-20-15-17-12(8-18(13)15)10-4-2-1-3-5-10/h1-5,8-9,11H,6-7H2,(H,16,19). The number of fused-ring (bicyclic) bond motifs is 1. The van der Waals surface area contributed by atoms with Gasteiger partial charge in [-0.2, -0.15) is 0 Å². The lowest BCUT2D eigenvalue weighted by atomic mass is 10.2. The highest BCUT2D eigenvalue weighted by Gasteiger charge is 2.25. The zero-order valence-electron chi connectivity index (χ0n) is 10.7. The molecule has 1 aliphatic rings. The van der Waals surface area contributed by atoms with Crippen molar-refractivity contribution < 1.29 is 4.79 Å².